The standard InChI is InChI=1S/C19H25N5O2/c25-15-2-1-11-24(14-15)18-5-10-21-19(22-18)23-12-6-17(7-13-23)26-16-3-8-20-9-4-16/h3-5,8-10,15,17,25H,1-2,6-7,11-14H2/t15-/m0/s1. The number of pyridine rings is 1. The van der Waals surface area contributed by atoms with Gasteiger partial charge in [-0.15, -0.1) is 0 Å². The monoisotopic (exact) mass is 355 g/mol. The van der Waals surface area contributed by atoms with Crippen LogP contribution < -0.4 is 14.5 Å². The van der Waals surface area contributed by atoms with E-state index in [1.807, 2.05) is 24.4 Å². The Kier molecular flexibility index (Phi) is 5.15. The summed E-state index contributed by atoms with van der Waals surface area (Å²) in [5.41, 5.74) is 0. The number of hydrogen-bond donors (Lipinski definition) is 1. The molecule has 0 saturated carbocycles. The molecule has 4 rings (SSSR count). The molecule has 26 heavy (non-hydrogen) atoms. The van der Waals surface area contributed by atoms with Gasteiger partial charge in [-0.05, 0) is 31.0 Å². The second-order valence-electron chi connectivity index (χ2n) is 6.94. The van der Waals surface area contributed by atoms with E-state index < -0.39 is 0 Å². The molecule has 7 heteroatoms. The third-order valence-electron chi connectivity index (χ3n) is 5.03. The molecule has 0 bridgehead atoms. The van der Waals surface area contributed by atoms with Gasteiger partial charge in [-0.1, -0.05) is 0 Å². The van der Waals surface area contributed by atoms with E-state index in [1.165, 1.54) is 0 Å². The molecule has 0 aromatic carbocycles. The molecule has 0 amide bonds. The molecule has 0 spiro atoms. The van der Waals surface area contributed by atoms with Gasteiger partial charge in [0.2, 0.25) is 5.95 Å². The number of anilines is 2. The first-order valence-corrected chi connectivity index (χ1v) is 9.35. The van der Waals surface area contributed by atoms with E-state index in [2.05, 4.69) is 19.8 Å². The number of aromatic nitrogens is 3. The maximum atomic E-state index is 9.90. The van der Waals surface area contributed by atoms with Crippen molar-refractivity contribution in [2.75, 3.05) is 36.0 Å². The van der Waals surface area contributed by atoms with Crippen LogP contribution in [0.5, 0.6) is 5.75 Å². The number of hydrogen-bond acceptors (Lipinski definition) is 7. The summed E-state index contributed by atoms with van der Waals surface area (Å²) in [5, 5.41) is 9.90. The lowest BCUT2D eigenvalue weighted by Gasteiger charge is -2.34. The van der Waals surface area contributed by atoms with Gasteiger partial charge in [0.15, 0.2) is 0 Å². The van der Waals surface area contributed by atoms with Gasteiger partial charge in [0, 0.05) is 57.6 Å². The molecule has 7 nitrogen and oxygen atoms in total. The molecule has 2 saturated heterocycles. The van der Waals surface area contributed by atoms with Gasteiger partial charge in [-0.3, -0.25) is 4.98 Å². The summed E-state index contributed by atoms with van der Waals surface area (Å²) in [7, 11) is 0. The Labute approximate surface area is 153 Å². The molecule has 2 aliphatic rings. The van der Waals surface area contributed by atoms with E-state index in [0.29, 0.717) is 6.54 Å². The van der Waals surface area contributed by atoms with Crippen LogP contribution in [0.2, 0.25) is 0 Å². The van der Waals surface area contributed by atoms with Gasteiger partial charge in [0.1, 0.15) is 17.7 Å². The second kappa shape index (κ2) is 7.86. The lowest BCUT2D eigenvalue weighted by Crippen LogP contribution is -2.40. The number of aliphatic hydroxyl groups excluding tert-OH is 1. The summed E-state index contributed by atoms with van der Waals surface area (Å²) < 4.78 is 6.03. The Morgan fingerprint density at radius 1 is 0.962 bits per heavy atom. The Morgan fingerprint density at radius 2 is 1.77 bits per heavy atom. The summed E-state index contributed by atoms with van der Waals surface area (Å²) in [5.74, 6) is 2.55. The fraction of sp³-hybridized carbons (Fsp3) is 0.526. The summed E-state index contributed by atoms with van der Waals surface area (Å²) >= 11 is 0. The lowest BCUT2D eigenvalue weighted by molar-refractivity contribution is 0.154. The van der Waals surface area contributed by atoms with Crippen LogP contribution in [-0.4, -0.2) is 58.4 Å². The highest BCUT2D eigenvalue weighted by atomic mass is 16.5. The molecule has 1 N–H and O–H groups in total. The van der Waals surface area contributed by atoms with E-state index >= 15 is 0 Å². The lowest BCUT2D eigenvalue weighted by atomic mass is 10.1. The van der Waals surface area contributed by atoms with Gasteiger partial charge in [0.05, 0.1) is 6.10 Å². The first-order valence-electron chi connectivity index (χ1n) is 9.35. The van der Waals surface area contributed by atoms with Crippen LogP contribution in [-0.2, 0) is 0 Å². The molecule has 0 unspecified atom stereocenters. The Bertz CT molecular complexity index is 706. The zero-order valence-corrected chi connectivity index (χ0v) is 14.9. The van der Waals surface area contributed by atoms with Gasteiger partial charge in [-0.25, -0.2) is 4.98 Å². The van der Waals surface area contributed by atoms with Crippen LogP contribution in [0.25, 0.3) is 0 Å². The van der Waals surface area contributed by atoms with Crippen molar-refractivity contribution in [2.45, 2.75) is 37.9 Å². The van der Waals surface area contributed by atoms with Crippen molar-refractivity contribution in [3.8, 4) is 5.75 Å². The van der Waals surface area contributed by atoms with Crippen LogP contribution in [0.4, 0.5) is 11.8 Å². The SMILES string of the molecule is O[C@H]1CCCN(c2ccnc(N3CCC(Oc4ccncc4)CC3)n2)C1. The molecule has 4 heterocycles. The van der Waals surface area contributed by atoms with Crippen LogP contribution in [0.15, 0.2) is 36.8 Å². The highest BCUT2D eigenvalue weighted by Crippen LogP contribution is 2.23. The zero-order chi connectivity index (χ0) is 17.8. The number of β-amino-alcohol motifs (C(OH)–C–C–N with tert-alkyl or cyclic N) is 1. The molecule has 0 aliphatic carbocycles. The Hall–Kier alpha value is -2.41. The molecule has 138 valence electrons. The topological polar surface area (TPSA) is 74.6 Å². The molecule has 2 aliphatic heterocycles. The minimum absolute atomic E-state index is 0.217. The van der Waals surface area contributed by atoms with Crippen molar-refractivity contribution < 1.29 is 9.84 Å². The predicted octanol–water partition coefficient (Wildman–Crippen LogP) is 1.88. The van der Waals surface area contributed by atoms with Crippen molar-refractivity contribution in [3.63, 3.8) is 0 Å². The van der Waals surface area contributed by atoms with Crippen LogP contribution >= 0.6 is 0 Å². The summed E-state index contributed by atoms with van der Waals surface area (Å²) in [6.45, 7) is 3.34. The first-order chi connectivity index (χ1) is 12.8. The first kappa shape index (κ1) is 17.0. The number of aliphatic hydroxyl groups is 1. The molecule has 2 fully saturated rings. The largest absolute Gasteiger partial charge is 0.490 e. The van der Waals surface area contributed by atoms with E-state index in [0.717, 1.165) is 62.8 Å². The highest BCUT2D eigenvalue weighted by Gasteiger charge is 2.24. The molecular weight excluding hydrogens is 330 g/mol. The average Bonchev–Trinajstić information content (AvgIpc) is 2.69. The third-order valence-corrected chi connectivity index (χ3v) is 5.03. The van der Waals surface area contributed by atoms with E-state index in [4.69, 9.17) is 9.72 Å². The van der Waals surface area contributed by atoms with Crippen molar-refractivity contribution in [1.29, 1.82) is 0 Å². The number of nitrogens with zero attached hydrogens (tertiary/aromatic N) is 5. The number of rotatable bonds is 4. The Balaban J connectivity index is 1.36. The third kappa shape index (κ3) is 4.04. The smallest absolute Gasteiger partial charge is 0.227 e. The minimum Gasteiger partial charge on any atom is -0.490 e. The fourth-order valence-corrected chi connectivity index (χ4v) is 3.61. The number of ether oxygens (including phenoxy) is 1. The van der Waals surface area contributed by atoms with Crippen LogP contribution in [0.1, 0.15) is 25.7 Å². The van der Waals surface area contributed by atoms with E-state index in [1.54, 1.807) is 12.4 Å². The van der Waals surface area contributed by atoms with Gasteiger partial charge >= 0.3 is 0 Å². The van der Waals surface area contributed by atoms with Crippen molar-refractivity contribution in [1.82, 2.24) is 15.0 Å². The normalized spacial score (nSPS) is 21.7. The van der Waals surface area contributed by atoms with E-state index in [9.17, 15) is 5.11 Å². The highest BCUT2D eigenvalue weighted by molar-refractivity contribution is 5.44. The van der Waals surface area contributed by atoms with Gasteiger partial charge in [-0.2, -0.15) is 4.98 Å². The minimum atomic E-state index is -0.261. The second-order valence-corrected chi connectivity index (χ2v) is 6.94. The molecule has 2 aromatic heterocycles. The summed E-state index contributed by atoms with van der Waals surface area (Å²) in [4.78, 5) is 17.6. The Morgan fingerprint density at radius 3 is 2.54 bits per heavy atom. The van der Waals surface area contributed by atoms with Crippen molar-refractivity contribution >= 4 is 11.8 Å². The van der Waals surface area contributed by atoms with Gasteiger partial charge < -0.3 is 19.6 Å². The van der Waals surface area contributed by atoms with Crippen LogP contribution in [0.3, 0.4) is 0 Å². The average molecular weight is 355 g/mol. The van der Waals surface area contributed by atoms with Crippen molar-refractivity contribution in [2.24, 2.45) is 0 Å². The maximum absolute atomic E-state index is 9.90. The molecule has 1 atom stereocenters. The fourth-order valence-electron chi connectivity index (χ4n) is 3.61. The van der Waals surface area contributed by atoms with Crippen molar-refractivity contribution in [3.05, 3.63) is 36.8 Å². The number of piperidine rings is 2. The van der Waals surface area contributed by atoms with Crippen LogP contribution in [0, 0.1) is 0 Å². The summed E-state index contributed by atoms with van der Waals surface area (Å²) in [6, 6.07) is 5.72. The molecule has 2 aromatic rings. The predicted molar refractivity (Wildman–Crippen MR) is 99.6 cm³/mol. The quantitative estimate of drug-likeness (QED) is 0.897. The van der Waals surface area contributed by atoms with E-state index in [-0.39, 0.29) is 12.2 Å². The summed E-state index contributed by atoms with van der Waals surface area (Å²) in [6.07, 6.45) is 9.03. The zero-order valence-electron chi connectivity index (χ0n) is 14.9. The molecule has 0 radical (unpaired) electrons. The molecular formula is C19H25N5O2. The maximum Gasteiger partial charge on any atom is 0.227 e. The van der Waals surface area contributed by atoms with Gasteiger partial charge in [0.25, 0.3) is 0 Å².